The Morgan fingerprint density at radius 1 is 1.12 bits per heavy atom. The molecule has 0 unspecified atom stereocenters. The quantitative estimate of drug-likeness (QED) is 0.774. The van der Waals surface area contributed by atoms with Crippen LogP contribution >= 0.6 is 0 Å². The Bertz CT molecular complexity index is 910. The van der Waals surface area contributed by atoms with E-state index in [1.807, 2.05) is 38.5 Å². The number of anilines is 1. The molecule has 2 aromatic heterocycles. The Labute approximate surface area is 152 Å². The van der Waals surface area contributed by atoms with Crippen molar-refractivity contribution >= 4 is 11.6 Å². The van der Waals surface area contributed by atoms with Crippen molar-refractivity contribution in [3.63, 3.8) is 0 Å². The predicted molar refractivity (Wildman–Crippen MR) is 98.5 cm³/mol. The standard InChI is InChI=1S/C19H21N5O2/c1-13-20-9-10-24(13)16-11-17(22-12-21-16)26-15-7-5-14(6-8-15)23-18(25)19(2,3)4/h5-12H,1-4H3,(H,23,25). The highest BCUT2D eigenvalue weighted by Crippen LogP contribution is 2.24. The molecule has 0 radical (unpaired) electrons. The highest BCUT2D eigenvalue weighted by molar-refractivity contribution is 5.94. The van der Waals surface area contributed by atoms with Crippen LogP contribution in [0.25, 0.3) is 5.82 Å². The van der Waals surface area contributed by atoms with Crippen molar-refractivity contribution < 1.29 is 9.53 Å². The van der Waals surface area contributed by atoms with Crippen LogP contribution in [-0.4, -0.2) is 25.4 Å². The fraction of sp³-hybridized carbons (Fsp3) is 0.263. The monoisotopic (exact) mass is 351 g/mol. The molecule has 0 atom stereocenters. The summed E-state index contributed by atoms with van der Waals surface area (Å²) in [7, 11) is 0. The molecule has 0 bridgehead atoms. The van der Waals surface area contributed by atoms with Gasteiger partial charge in [0.1, 0.15) is 23.7 Å². The Hall–Kier alpha value is -3.22. The van der Waals surface area contributed by atoms with E-state index >= 15 is 0 Å². The molecular weight excluding hydrogens is 330 g/mol. The van der Waals surface area contributed by atoms with E-state index in [0.717, 1.165) is 11.5 Å². The molecule has 0 saturated heterocycles. The van der Waals surface area contributed by atoms with Crippen LogP contribution in [0.2, 0.25) is 0 Å². The van der Waals surface area contributed by atoms with E-state index in [9.17, 15) is 4.79 Å². The van der Waals surface area contributed by atoms with Crippen molar-refractivity contribution in [2.24, 2.45) is 5.41 Å². The highest BCUT2D eigenvalue weighted by atomic mass is 16.5. The molecule has 0 saturated carbocycles. The molecule has 3 rings (SSSR count). The van der Waals surface area contributed by atoms with Crippen LogP contribution in [0.1, 0.15) is 26.6 Å². The van der Waals surface area contributed by atoms with E-state index < -0.39 is 5.41 Å². The molecular formula is C19H21N5O2. The maximum atomic E-state index is 12.0. The SMILES string of the molecule is Cc1nccn1-c1cc(Oc2ccc(NC(=O)C(C)(C)C)cc2)ncn1. The van der Waals surface area contributed by atoms with Gasteiger partial charge in [-0.3, -0.25) is 9.36 Å². The number of nitrogens with zero attached hydrogens (tertiary/aromatic N) is 4. The van der Waals surface area contributed by atoms with Gasteiger partial charge in [0.15, 0.2) is 0 Å². The number of ether oxygens (including phenoxy) is 1. The van der Waals surface area contributed by atoms with Crippen LogP contribution in [0.5, 0.6) is 11.6 Å². The molecule has 7 heteroatoms. The zero-order valence-corrected chi connectivity index (χ0v) is 15.2. The summed E-state index contributed by atoms with van der Waals surface area (Å²) in [6, 6.07) is 8.89. The summed E-state index contributed by atoms with van der Waals surface area (Å²) in [6.45, 7) is 7.50. The lowest BCUT2D eigenvalue weighted by atomic mass is 9.95. The van der Waals surface area contributed by atoms with Crippen LogP contribution in [0, 0.1) is 12.3 Å². The number of aryl methyl sites for hydroxylation is 1. The van der Waals surface area contributed by atoms with Crippen LogP contribution in [0.3, 0.4) is 0 Å². The van der Waals surface area contributed by atoms with Gasteiger partial charge in [-0.15, -0.1) is 0 Å². The van der Waals surface area contributed by atoms with E-state index in [2.05, 4.69) is 20.3 Å². The van der Waals surface area contributed by atoms with E-state index in [-0.39, 0.29) is 5.91 Å². The molecule has 0 aliphatic heterocycles. The fourth-order valence-electron chi connectivity index (χ4n) is 2.18. The molecule has 26 heavy (non-hydrogen) atoms. The molecule has 1 amide bonds. The lowest BCUT2D eigenvalue weighted by Crippen LogP contribution is -2.27. The van der Waals surface area contributed by atoms with E-state index in [1.54, 1.807) is 36.5 Å². The minimum absolute atomic E-state index is 0.0395. The summed E-state index contributed by atoms with van der Waals surface area (Å²) in [4.78, 5) is 24.6. The molecule has 0 spiro atoms. The first kappa shape index (κ1) is 17.6. The lowest BCUT2D eigenvalue weighted by molar-refractivity contribution is -0.123. The zero-order valence-electron chi connectivity index (χ0n) is 15.2. The second-order valence-electron chi connectivity index (χ2n) is 6.89. The van der Waals surface area contributed by atoms with Crippen molar-refractivity contribution in [2.75, 3.05) is 5.32 Å². The van der Waals surface area contributed by atoms with E-state index in [0.29, 0.717) is 17.4 Å². The lowest BCUT2D eigenvalue weighted by Gasteiger charge is -2.17. The molecule has 134 valence electrons. The molecule has 0 aliphatic rings. The number of rotatable bonds is 4. The second kappa shape index (κ2) is 6.95. The molecule has 2 heterocycles. The average Bonchev–Trinajstić information content (AvgIpc) is 3.02. The number of imidazole rings is 1. The highest BCUT2D eigenvalue weighted by Gasteiger charge is 2.21. The molecule has 1 N–H and O–H groups in total. The first-order valence-corrected chi connectivity index (χ1v) is 8.25. The fourth-order valence-corrected chi connectivity index (χ4v) is 2.18. The van der Waals surface area contributed by atoms with Gasteiger partial charge in [-0.1, -0.05) is 20.8 Å². The van der Waals surface area contributed by atoms with Crippen LogP contribution in [0.4, 0.5) is 5.69 Å². The van der Waals surface area contributed by atoms with Crippen LogP contribution in [-0.2, 0) is 4.79 Å². The van der Waals surface area contributed by atoms with Gasteiger partial charge < -0.3 is 10.1 Å². The van der Waals surface area contributed by atoms with Gasteiger partial charge in [-0.25, -0.2) is 15.0 Å². The number of carbonyl (C=O) groups is 1. The number of benzene rings is 1. The first-order valence-electron chi connectivity index (χ1n) is 8.25. The normalized spacial score (nSPS) is 11.2. The van der Waals surface area contributed by atoms with Crippen molar-refractivity contribution in [3.8, 4) is 17.4 Å². The van der Waals surface area contributed by atoms with E-state index in [4.69, 9.17) is 4.74 Å². The number of amides is 1. The molecule has 1 aromatic carbocycles. The topological polar surface area (TPSA) is 81.9 Å². The van der Waals surface area contributed by atoms with E-state index in [1.165, 1.54) is 6.33 Å². The number of aromatic nitrogens is 4. The Morgan fingerprint density at radius 3 is 2.46 bits per heavy atom. The average molecular weight is 351 g/mol. The summed E-state index contributed by atoms with van der Waals surface area (Å²) in [5.41, 5.74) is 0.271. The molecule has 0 fully saturated rings. The summed E-state index contributed by atoms with van der Waals surface area (Å²) >= 11 is 0. The van der Waals surface area contributed by atoms with Crippen LogP contribution < -0.4 is 10.1 Å². The predicted octanol–water partition coefficient (Wildman–Crippen LogP) is 3.75. The Balaban J connectivity index is 1.72. The van der Waals surface area contributed by atoms with Gasteiger partial charge >= 0.3 is 0 Å². The summed E-state index contributed by atoms with van der Waals surface area (Å²) in [5.74, 6) is 2.51. The molecule has 3 aromatic rings. The van der Waals surface area contributed by atoms with Crippen molar-refractivity contribution in [3.05, 3.63) is 54.9 Å². The van der Waals surface area contributed by atoms with Gasteiger partial charge in [0, 0.05) is 29.6 Å². The summed E-state index contributed by atoms with van der Waals surface area (Å²) in [6.07, 6.45) is 4.98. The van der Waals surface area contributed by atoms with Gasteiger partial charge in [0.05, 0.1) is 0 Å². The minimum atomic E-state index is -0.446. The third-order valence-corrected chi connectivity index (χ3v) is 3.72. The Kier molecular flexibility index (Phi) is 4.71. The molecule has 0 aliphatic carbocycles. The number of hydrogen-bond acceptors (Lipinski definition) is 5. The minimum Gasteiger partial charge on any atom is -0.439 e. The maximum absolute atomic E-state index is 12.0. The van der Waals surface area contributed by atoms with Gasteiger partial charge in [0.25, 0.3) is 0 Å². The third-order valence-electron chi connectivity index (χ3n) is 3.72. The number of nitrogens with one attached hydrogen (secondary N) is 1. The van der Waals surface area contributed by atoms with Crippen molar-refractivity contribution in [1.29, 1.82) is 0 Å². The zero-order chi connectivity index (χ0) is 18.7. The van der Waals surface area contributed by atoms with Gasteiger partial charge in [-0.05, 0) is 31.2 Å². The smallest absolute Gasteiger partial charge is 0.229 e. The Morgan fingerprint density at radius 2 is 1.85 bits per heavy atom. The number of hydrogen-bond donors (Lipinski definition) is 1. The van der Waals surface area contributed by atoms with Gasteiger partial charge in [0.2, 0.25) is 11.8 Å². The second-order valence-corrected chi connectivity index (χ2v) is 6.89. The van der Waals surface area contributed by atoms with Crippen LogP contribution in [0.15, 0.2) is 49.1 Å². The summed E-state index contributed by atoms with van der Waals surface area (Å²) < 4.78 is 7.63. The van der Waals surface area contributed by atoms with Crippen molar-refractivity contribution in [2.45, 2.75) is 27.7 Å². The summed E-state index contributed by atoms with van der Waals surface area (Å²) in [5, 5.41) is 2.88. The van der Waals surface area contributed by atoms with Gasteiger partial charge in [-0.2, -0.15) is 0 Å². The maximum Gasteiger partial charge on any atom is 0.229 e. The van der Waals surface area contributed by atoms with Crippen molar-refractivity contribution in [1.82, 2.24) is 19.5 Å². The largest absolute Gasteiger partial charge is 0.439 e. The third kappa shape index (κ3) is 4.05. The number of carbonyl (C=O) groups excluding carboxylic acids is 1. The first-order chi connectivity index (χ1) is 12.3. The molecule has 7 nitrogen and oxygen atoms in total.